The van der Waals surface area contributed by atoms with E-state index >= 15 is 0 Å². The molecular formula is C20H27N3O2. The predicted molar refractivity (Wildman–Crippen MR) is 100 cm³/mol. The van der Waals surface area contributed by atoms with Crippen molar-refractivity contribution in [1.29, 1.82) is 0 Å². The predicted octanol–water partition coefficient (Wildman–Crippen LogP) is 3.39. The molecule has 0 aliphatic rings. The molecule has 1 unspecified atom stereocenters. The summed E-state index contributed by atoms with van der Waals surface area (Å²) in [4.78, 5) is 27.1. The molecule has 0 aliphatic heterocycles. The van der Waals surface area contributed by atoms with Crippen LogP contribution in [-0.2, 0) is 0 Å². The minimum absolute atomic E-state index is 0.0488. The van der Waals surface area contributed by atoms with Crippen LogP contribution in [0.25, 0.3) is 0 Å². The normalized spacial score (nSPS) is 12.3. The average molecular weight is 341 g/mol. The Labute approximate surface area is 149 Å². The van der Waals surface area contributed by atoms with Crippen LogP contribution in [-0.4, -0.2) is 23.2 Å². The zero-order valence-electron chi connectivity index (χ0n) is 15.6. The maximum absolute atomic E-state index is 12.4. The van der Waals surface area contributed by atoms with Crippen LogP contribution in [0.3, 0.4) is 0 Å². The number of aromatic nitrogens is 1. The Kier molecular flexibility index (Phi) is 5.80. The van der Waals surface area contributed by atoms with Gasteiger partial charge in [0, 0.05) is 23.8 Å². The summed E-state index contributed by atoms with van der Waals surface area (Å²) in [5, 5.41) is 2.85. The van der Waals surface area contributed by atoms with Crippen molar-refractivity contribution in [3.8, 4) is 0 Å². The number of hydrogen-bond donors (Lipinski definition) is 3. The average Bonchev–Trinajstić information content (AvgIpc) is 2.87. The summed E-state index contributed by atoms with van der Waals surface area (Å²) in [6.07, 6.45) is 0. The summed E-state index contributed by atoms with van der Waals surface area (Å²) in [5.74, 6) is 0.175. The van der Waals surface area contributed by atoms with Gasteiger partial charge in [-0.2, -0.15) is 0 Å². The number of H-pyrrole nitrogens is 1. The van der Waals surface area contributed by atoms with E-state index in [1.165, 1.54) is 12.5 Å². The second kappa shape index (κ2) is 7.66. The fourth-order valence-electron chi connectivity index (χ4n) is 3.04. The summed E-state index contributed by atoms with van der Waals surface area (Å²) >= 11 is 0. The van der Waals surface area contributed by atoms with Gasteiger partial charge in [-0.3, -0.25) is 9.59 Å². The number of Topliss-reactive ketones (excluding diaryl/α,β-unsaturated/α-hetero) is 1. The monoisotopic (exact) mass is 341 g/mol. The standard InChI is InChI=1S/C20H27N3O2/c1-11(2)15-6-8-16(9-7-15)17(21)10-22-20(25)19-12(3)18(14(5)24)13(4)23-19/h6-9,11,17,23H,10,21H2,1-5H3,(H,22,25). The Morgan fingerprint density at radius 3 is 2.16 bits per heavy atom. The third-order valence-corrected chi connectivity index (χ3v) is 4.53. The van der Waals surface area contributed by atoms with E-state index < -0.39 is 0 Å². The van der Waals surface area contributed by atoms with Gasteiger partial charge in [0.25, 0.3) is 5.91 Å². The van der Waals surface area contributed by atoms with Crippen LogP contribution < -0.4 is 11.1 Å². The summed E-state index contributed by atoms with van der Waals surface area (Å²) in [7, 11) is 0. The zero-order valence-corrected chi connectivity index (χ0v) is 15.6. The first-order chi connectivity index (χ1) is 11.7. The first kappa shape index (κ1) is 18.9. The summed E-state index contributed by atoms with van der Waals surface area (Å²) in [6.45, 7) is 9.69. The second-order valence-electron chi connectivity index (χ2n) is 6.82. The van der Waals surface area contributed by atoms with E-state index in [4.69, 9.17) is 5.73 Å². The molecule has 0 radical (unpaired) electrons. The molecule has 5 nitrogen and oxygen atoms in total. The zero-order chi connectivity index (χ0) is 18.7. The molecule has 134 valence electrons. The summed E-state index contributed by atoms with van der Waals surface area (Å²) < 4.78 is 0. The summed E-state index contributed by atoms with van der Waals surface area (Å²) in [6, 6.07) is 7.86. The Morgan fingerprint density at radius 2 is 1.68 bits per heavy atom. The number of carbonyl (C=O) groups is 2. The number of benzene rings is 1. The van der Waals surface area contributed by atoms with E-state index in [1.54, 1.807) is 13.8 Å². The maximum Gasteiger partial charge on any atom is 0.268 e. The lowest BCUT2D eigenvalue weighted by atomic mass is 9.99. The van der Waals surface area contributed by atoms with Crippen molar-refractivity contribution in [3.63, 3.8) is 0 Å². The minimum Gasteiger partial charge on any atom is -0.354 e. The molecular weight excluding hydrogens is 314 g/mol. The quantitative estimate of drug-likeness (QED) is 0.704. The number of rotatable bonds is 6. The Hall–Kier alpha value is -2.40. The Bertz CT molecular complexity index is 773. The highest BCUT2D eigenvalue weighted by atomic mass is 16.2. The van der Waals surface area contributed by atoms with Crippen LogP contribution in [0.4, 0.5) is 0 Å². The molecule has 1 atom stereocenters. The van der Waals surface area contributed by atoms with Crippen molar-refractivity contribution in [2.45, 2.75) is 46.6 Å². The molecule has 0 saturated heterocycles. The van der Waals surface area contributed by atoms with Gasteiger partial charge in [-0.15, -0.1) is 0 Å². The van der Waals surface area contributed by atoms with Gasteiger partial charge in [-0.05, 0) is 43.4 Å². The van der Waals surface area contributed by atoms with Gasteiger partial charge in [0.05, 0.1) is 0 Å². The molecule has 0 spiro atoms. The summed E-state index contributed by atoms with van der Waals surface area (Å²) in [5.41, 5.74) is 10.8. The SMILES string of the molecule is CC(=O)c1c(C)[nH]c(C(=O)NCC(N)c2ccc(C(C)C)cc2)c1C. The van der Waals surface area contributed by atoms with Gasteiger partial charge < -0.3 is 16.0 Å². The van der Waals surface area contributed by atoms with Crippen molar-refractivity contribution in [2.75, 3.05) is 6.54 Å². The highest BCUT2D eigenvalue weighted by Crippen LogP contribution is 2.19. The van der Waals surface area contributed by atoms with E-state index in [0.29, 0.717) is 35.0 Å². The third-order valence-electron chi connectivity index (χ3n) is 4.53. The topological polar surface area (TPSA) is 88.0 Å². The number of nitrogens with two attached hydrogens (primary N) is 1. The molecule has 1 heterocycles. The van der Waals surface area contributed by atoms with E-state index in [2.05, 4.69) is 36.3 Å². The Balaban J connectivity index is 2.04. The van der Waals surface area contributed by atoms with E-state index in [-0.39, 0.29) is 17.7 Å². The molecule has 25 heavy (non-hydrogen) atoms. The first-order valence-corrected chi connectivity index (χ1v) is 8.56. The van der Waals surface area contributed by atoms with Crippen molar-refractivity contribution in [2.24, 2.45) is 5.73 Å². The molecule has 2 aromatic rings. The number of hydrogen-bond acceptors (Lipinski definition) is 3. The maximum atomic E-state index is 12.4. The molecule has 1 aromatic heterocycles. The van der Waals surface area contributed by atoms with Crippen LogP contribution in [0, 0.1) is 13.8 Å². The van der Waals surface area contributed by atoms with Gasteiger partial charge >= 0.3 is 0 Å². The van der Waals surface area contributed by atoms with Crippen molar-refractivity contribution in [1.82, 2.24) is 10.3 Å². The lowest BCUT2D eigenvalue weighted by molar-refractivity contribution is 0.0946. The fraction of sp³-hybridized carbons (Fsp3) is 0.400. The van der Waals surface area contributed by atoms with E-state index in [1.807, 2.05) is 12.1 Å². The smallest absolute Gasteiger partial charge is 0.268 e. The van der Waals surface area contributed by atoms with E-state index in [0.717, 1.165) is 5.56 Å². The fourth-order valence-corrected chi connectivity index (χ4v) is 3.04. The number of aryl methyl sites for hydroxylation is 1. The van der Waals surface area contributed by atoms with Gasteiger partial charge in [0.1, 0.15) is 5.69 Å². The van der Waals surface area contributed by atoms with Crippen LogP contribution in [0.15, 0.2) is 24.3 Å². The lowest BCUT2D eigenvalue weighted by Crippen LogP contribution is -2.32. The molecule has 0 fully saturated rings. The van der Waals surface area contributed by atoms with Gasteiger partial charge in [0.2, 0.25) is 0 Å². The molecule has 4 N–H and O–H groups in total. The molecule has 1 aromatic carbocycles. The largest absolute Gasteiger partial charge is 0.354 e. The van der Waals surface area contributed by atoms with E-state index in [9.17, 15) is 9.59 Å². The van der Waals surface area contributed by atoms with Crippen molar-refractivity contribution >= 4 is 11.7 Å². The van der Waals surface area contributed by atoms with Crippen LogP contribution in [0.2, 0.25) is 0 Å². The second-order valence-corrected chi connectivity index (χ2v) is 6.82. The number of amides is 1. The lowest BCUT2D eigenvalue weighted by Gasteiger charge is -2.14. The van der Waals surface area contributed by atoms with Crippen LogP contribution >= 0.6 is 0 Å². The first-order valence-electron chi connectivity index (χ1n) is 8.56. The highest BCUT2D eigenvalue weighted by molar-refractivity contribution is 6.02. The molecule has 1 amide bonds. The van der Waals surface area contributed by atoms with Crippen molar-refractivity contribution in [3.05, 3.63) is 57.9 Å². The molecule has 2 rings (SSSR count). The van der Waals surface area contributed by atoms with Gasteiger partial charge in [-0.1, -0.05) is 38.1 Å². The van der Waals surface area contributed by atoms with Gasteiger partial charge in [-0.25, -0.2) is 0 Å². The molecule has 0 aliphatic carbocycles. The number of carbonyl (C=O) groups excluding carboxylic acids is 2. The molecule has 0 bridgehead atoms. The van der Waals surface area contributed by atoms with Crippen LogP contribution in [0.5, 0.6) is 0 Å². The molecule has 5 heteroatoms. The molecule has 0 saturated carbocycles. The Morgan fingerprint density at radius 1 is 1.12 bits per heavy atom. The third kappa shape index (κ3) is 4.17. The minimum atomic E-state index is -0.284. The van der Waals surface area contributed by atoms with Gasteiger partial charge in [0.15, 0.2) is 5.78 Å². The highest BCUT2D eigenvalue weighted by Gasteiger charge is 2.20. The van der Waals surface area contributed by atoms with Crippen molar-refractivity contribution < 1.29 is 9.59 Å². The number of ketones is 1. The van der Waals surface area contributed by atoms with Crippen LogP contribution in [0.1, 0.15) is 76.0 Å². The number of aromatic amines is 1. The number of nitrogens with one attached hydrogen (secondary N) is 2.